The summed E-state index contributed by atoms with van der Waals surface area (Å²) in [7, 11) is 0. The summed E-state index contributed by atoms with van der Waals surface area (Å²) in [6.07, 6.45) is 5.31. The van der Waals surface area contributed by atoms with Gasteiger partial charge in [-0.2, -0.15) is 0 Å². The average Bonchev–Trinajstić information content (AvgIpc) is 3.38. The van der Waals surface area contributed by atoms with E-state index < -0.39 is 0 Å². The van der Waals surface area contributed by atoms with E-state index in [9.17, 15) is 4.79 Å². The zero-order valence-electron chi connectivity index (χ0n) is 16.7. The van der Waals surface area contributed by atoms with Crippen LogP contribution in [0.4, 0.5) is 11.4 Å². The van der Waals surface area contributed by atoms with Gasteiger partial charge in [0.1, 0.15) is 9.71 Å². The normalized spacial score (nSPS) is 11.1. The quantitative estimate of drug-likeness (QED) is 0.228. The van der Waals surface area contributed by atoms with Crippen molar-refractivity contribution in [2.45, 2.75) is 4.34 Å². The number of thiophene rings is 1. The Balaban J connectivity index is 1.41. The lowest BCUT2D eigenvalue weighted by Crippen LogP contribution is -2.11. The molecule has 0 radical (unpaired) electrons. The van der Waals surface area contributed by atoms with Crippen LogP contribution in [0.1, 0.15) is 9.67 Å². The summed E-state index contributed by atoms with van der Waals surface area (Å²) in [6, 6.07) is 13.3. The smallest absolute Gasteiger partial charge is 0.267 e. The molecule has 0 atom stereocenters. The molecule has 5 aromatic rings. The second-order valence-corrected chi connectivity index (χ2v) is 10.1. The van der Waals surface area contributed by atoms with Crippen molar-refractivity contribution >= 4 is 72.2 Å². The Labute approximate surface area is 196 Å². The number of hydrogen-bond acceptors (Lipinski definition) is 8. The van der Waals surface area contributed by atoms with E-state index >= 15 is 0 Å². The first-order valence-corrected chi connectivity index (χ1v) is 12.3. The summed E-state index contributed by atoms with van der Waals surface area (Å²) >= 11 is 4.53. The zero-order chi connectivity index (χ0) is 22.1. The fourth-order valence-corrected chi connectivity index (χ4v) is 6.07. The molecule has 4 heterocycles. The van der Waals surface area contributed by atoms with Crippen LogP contribution in [0.2, 0.25) is 0 Å². The van der Waals surface area contributed by atoms with Crippen LogP contribution in [0.15, 0.2) is 71.9 Å². The average molecular weight is 476 g/mol. The standard InChI is InChI=1S/C23H17N5OS3/c1-2-11-30-23-28-17-5-3-14(12-18(17)31-23)26-21(29)20-19(24)15-4-6-16(27-22(15)32-20)13-7-9-25-10-8-13/h2-10,12H,1,11,24H2,(H,26,29). The molecule has 0 fully saturated rings. The van der Waals surface area contributed by atoms with Gasteiger partial charge in [-0.05, 0) is 42.5 Å². The van der Waals surface area contributed by atoms with Crippen LogP contribution in [0.5, 0.6) is 0 Å². The van der Waals surface area contributed by atoms with Gasteiger partial charge in [0.25, 0.3) is 5.91 Å². The van der Waals surface area contributed by atoms with Crippen LogP contribution in [0.25, 0.3) is 31.7 Å². The highest BCUT2D eigenvalue weighted by atomic mass is 32.2. The summed E-state index contributed by atoms with van der Waals surface area (Å²) in [5.74, 6) is 0.562. The number of hydrogen-bond donors (Lipinski definition) is 2. The van der Waals surface area contributed by atoms with E-state index in [0.29, 0.717) is 16.3 Å². The lowest BCUT2D eigenvalue weighted by atomic mass is 10.1. The van der Waals surface area contributed by atoms with Gasteiger partial charge < -0.3 is 11.1 Å². The number of fused-ring (bicyclic) bond motifs is 2. The topological polar surface area (TPSA) is 93.8 Å². The Morgan fingerprint density at radius 3 is 2.78 bits per heavy atom. The molecular formula is C23H17N5OS3. The number of anilines is 2. The van der Waals surface area contributed by atoms with E-state index in [4.69, 9.17) is 10.7 Å². The molecular weight excluding hydrogens is 458 g/mol. The molecule has 6 nitrogen and oxygen atoms in total. The first kappa shape index (κ1) is 20.6. The molecule has 158 valence electrons. The van der Waals surface area contributed by atoms with Gasteiger partial charge in [-0.15, -0.1) is 29.3 Å². The predicted octanol–water partition coefficient (Wildman–Crippen LogP) is 6.08. The molecule has 5 rings (SSSR count). The fraction of sp³-hybridized carbons (Fsp3) is 0.0435. The third-order valence-electron chi connectivity index (χ3n) is 4.73. The number of rotatable bonds is 6. The molecule has 0 unspecified atom stereocenters. The number of nitrogens with one attached hydrogen (secondary N) is 1. The second-order valence-electron chi connectivity index (χ2n) is 6.85. The number of carbonyl (C=O) groups excluding carboxylic acids is 1. The van der Waals surface area contributed by atoms with Crippen LogP contribution < -0.4 is 11.1 Å². The molecule has 1 amide bonds. The molecule has 0 saturated carbocycles. The zero-order valence-corrected chi connectivity index (χ0v) is 19.2. The Hall–Kier alpha value is -3.27. The first-order valence-electron chi connectivity index (χ1n) is 9.67. The van der Waals surface area contributed by atoms with Crippen molar-refractivity contribution in [3.63, 3.8) is 0 Å². The van der Waals surface area contributed by atoms with Crippen LogP contribution in [0, 0.1) is 0 Å². The number of aromatic nitrogens is 3. The summed E-state index contributed by atoms with van der Waals surface area (Å²) in [5.41, 5.74) is 10.1. The van der Waals surface area contributed by atoms with E-state index in [1.807, 2.05) is 48.5 Å². The van der Waals surface area contributed by atoms with Crippen LogP contribution in [-0.4, -0.2) is 26.6 Å². The van der Waals surface area contributed by atoms with Crippen molar-refractivity contribution in [2.24, 2.45) is 0 Å². The van der Waals surface area contributed by atoms with Gasteiger partial charge in [-0.1, -0.05) is 17.8 Å². The molecule has 0 bridgehead atoms. The summed E-state index contributed by atoms with van der Waals surface area (Å²) < 4.78 is 2.00. The minimum atomic E-state index is -0.249. The largest absolute Gasteiger partial charge is 0.397 e. The maximum atomic E-state index is 13.0. The molecule has 0 saturated heterocycles. The van der Waals surface area contributed by atoms with Crippen molar-refractivity contribution < 1.29 is 4.79 Å². The molecule has 9 heteroatoms. The van der Waals surface area contributed by atoms with E-state index in [0.717, 1.165) is 41.8 Å². The summed E-state index contributed by atoms with van der Waals surface area (Å²) in [5, 5.41) is 3.74. The number of thioether (sulfide) groups is 1. The number of nitrogens with two attached hydrogens (primary N) is 1. The van der Waals surface area contributed by atoms with Gasteiger partial charge >= 0.3 is 0 Å². The van der Waals surface area contributed by atoms with Crippen LogP contribution >= 0.6 is 34.4 Å². The molecule has 1 aromatic carbocycles. The van der Waals surface area contributed by atoms with Crippen LogP contribution in [0.3, 0.4) is 0 Å². The number of carbonyl (C=O) groups is 1. The Bertz CT molecular complexity index is 1460. The van der Waals surface area contributed by atoms with Crippen molar-refractivity contribution in [3.8, 4) is 11.3 Å². The van der Waals surface area contributed by atoms with E-state index in [1.165, 1.54) is 11.3 Å². The fourth-order valence-electron chi connectivity index (χ4n) is 3.21. The highest BCUT2D eigenvalue weighted by Crippen LogP contribution is 2.35. The number of benzene rings is 1. The number of nitrogen functional groups attached to an aromatic ring is 1. The van der Waals surface area contributed by atoms with E-state index in [1.54, 1.807) is 35.5 Å². The summed E-state index contributed by atoms with van der Waals surface area (Å²) in [6.45, 7) is 3.74. The minimum absolute atomic E-state index is 0.249. The monoisotopic (exact) mass is 475 g/mol. The maximum absolute atomic E-state index is 13.0. The third-order valence-corrected chi connectivity index (χ3v) is 8.00. The first-order chi connectivity index (χ1) is 15.6. The Morgan fingerprint density at radius 2 is 1.97 bits per heavy atom. The molecule has 0 aliphatic carbocycles. The third kappa shape index (κ3) is 3.97. The molecule has 32 heavy (non-hydrogen) atoms. The van der Waals surface area contributed by atoms with E-state index in [2.05, 4.69) is 21.9 Å². The van der Waals surface area contributed by atoms with Gasteiger partial charge in [0, 0.05) is 34.8 Å². The lowest BCUT2D eigenvalue weighted by molar-refractivity contribution is 0.103. The molecule has 0 aliphatic heterocycles. The Kier molecular flexibility index (Phi) is 5.60. The van der Waals surface area contributed by atoms with Gasteiger partial charge in [0.05, 0.1) is 21.6 Å². The molecule has 4 aromatic heterocycles. The second kappa shape index (κ2) is 8.70. The SMILES string of the molecule is C=CCSc1nc2ccc(NC(=O)c3sc4nc(-c5ccncc5)ccc4c3N)cc2s1. The molecule has 0 aliphatic rings. The lowest BCUT2D eigenvalue weighted by Gasteiger charge is -2.04. The van der Waals surface area contributed by atoms with Gasteiger partial charge in [-0.3, -0.25) is 9.78 Å². The molecule has 3 N–H and O–H groups in total. The predicted molar refractivity (Wildman–Crippen MR) is 136 cm³/mol. The molecule has 0 spiro atoms. The number of thiazole rings is 1. The van der Waals surface area contributed by atoms with Crippen molar-refractivity contribution in [1.82, 2.24) is 15.0 Å². The maximum Gasteiger partial charge on any atom is 0.267 e. The van der Waals surface area contributed by atoms with Crippen molar-refractivity contribution in [2.75, 3.05) is 16.8 Å². The van der Waals surface area contributed by atoms with Gasteiger partial charge in [-0.25, -0.2) is 9.97 Å². The van der Waals surface area contributed by atoms with Gasteiger partial charge in [0.15, 0.2) is 4.34 Å². The number of amides is 1. The highest BCUT2D eigenvalue weighted by molar-refractivity contribution is 8.01. The number of pyridine rings is 2. The minimum Gasteiger partial charge on any atom is -0.397 e. The highest BCUT2D eigenvalue weighted by Gasteiger charge is 2.18. The van der Waals surface area contributed by atoms with E-state index in [-0.39, 0.29) is 5.91 Å². The number of nitrogens with zero attached hydrogens (tertiary/aromatic N) is 3. The Morgan fingerprint density at radius 1 is 1.12 bits per heavy atom. The van der Waals surface area contributed by atoms with Crippen LogP contribution in [-0.2, 0) is 0 Å². The van der Waals surface area contributed by atoms with Gasteiger partial charge in [0.2, 0.25) is 0 Å². The summed E-state index contributed by atoms with van der Waals surface area (Å²) in [4.78, 5) is 27.5. The van der Waals surface area contributed by atoms with Crippen molar-refractivity contribution in [1.29, 1.82) is 0 Å². The van der Waals surface area contributed by atoms with Crippen molar-refractivity contribution in [3.05, 3.63) is 72.4 Å².